The molecule has 0 saturated carbocycles. The Balaban J connectivity index is 2.19. The molecular weight excluding hydrogens is 327 g/mol. The van der Waals surface area contributed by atoms with Crippen LogP contribution in [0.4, 0.5) is 4.39 Å². The maximum atomic E-state index is 13.6. The van der Waals surface area contributed by atoms with Gasteiger partial charge in [-0.1, -0.05) is 15.9 Å². The molecule has 0 aromatic heterocycles. The van der Waals surface area contributed by atoms with Crippen molar-refractivity contribution in [2.24, 2.45) is 0 Å². The van der Waals surface area contributed by atoms with Gasteiger partial charge in [0, 0.05) is 15.6 Å². The number of benzene rings is 2. The maximum absolute atomic E-state index is 13.6. The van der Waals surface area contributed by atoms with E-state index in [1.54, 1.807) is 24.3 Å². The molecule has 2 rings (SSSR count). The smallest absolute Gasteiger partial charge is 0.166 e. The van der Waals surface area contributed by atoms with E-state index in [1.165, 1.54) is 19.2 Å². The Bertz CT molecular complexity index is 629. The maximum Gasteiger partial charge on any atom is 0.166 e. The number of methoxy groups -OCH3 is 1. The van der Waals surface area contributed by atoms with Crippen LogP contribution < -0.4 is 9.47 Å². The first-order chi connectivity index (χ1) is 9.63. The molecule has 0 aliphatic heterocycles. The summed E-state index contributed by atoms with van der Waals surface area (Å²) >= 11 is 3.18. The lowest BCUT2D eigenvalue weighted by molar-refractivity contribution is 0.112. The number of carbonyl (C=O) groups is 1. The summed E-state index contributed by atoms with van der Waals surface area (Å²) in [7, 11) is 1.53. The molecule has 0 spiro atoms. The lowest BCUT2D eigenvalue weighted by Gasteiger charge is -2.11. The van der Waals surface area contributed by atoms with Crippen LogP contribution in [-0.4, -0.2) is 13.4 Å². The number of carbonyl (C=O) groups excluding carboxylic acids is 1. The summed E-state index contributed by atoms with van der Waals surface area (Å²) in [6.07, 6.45) is 0.739. The molecule has 0 N–H and O–H groups in total. The highest BCUT2D eigenvalue weighted by molar-refractivity contribution is 9.10. The molecule has 0 saturated heterocycles. The van der Waals surface area contributed by atoms with Gasteiger partial charge in [0.2, 0.25) is 0 Å². The fraction of sp³-hybridized carbons (Fsp3) is 0.133. The summed E-state index contributed by atoms with van der Waals surface area (Å²) in [5.74, 6) is 0.282. The van der Waals surface area contributed by atoms with E-state index in [4.69, 9.17) is 9.47 Å². The third kappa shape index (κ3) is 3.36. The quantitative estimate of drug-likeness (QED) is 0.773. The molecule has 104 valence electrons. The van der Waals surface area contributed by atoms with E-state index in [9.17, 15) is 9.18 Å². The number of aldehydes is 1. The van der Waals surface area contributed by atoms with Gasteiger partial charge in [0.25, 0.3) is 0 Å². The molecule has 0 unspecified atom stereocenters. The van der Waals surface area contributed by atoms with Gasteiger partial charge in [0.1, 0.15) is 18.6 Å². The average Bonchev–Trinajstić information content (AvgIpc) is 2.46. The van der Waals surface area contributed by atoms with Gasteiger partial charge in [-0.2, -0.15) is 0 Å². The molecule has 0 atom stereocenters. The van der Waals surface area contributed by atoms with Crippen LogP contribution in [0.2, 0.25) is 0 Å². The standard InChI is InChI=1S/C15H12BrFO3/c1-19-14-4-2-10(8-18)6-11(14)9-20-15-5-3-12(16)7-13(15)17/h2-8H,9H2,1H3. The van der Waals surface area contributed by atoms with Crippen molar-refractivity contribution in [1.29, 1.82) is 0 Å². The van der Waals surface area contributed by atoms with E-state index in [0.29, 0.717) is 21.3 Å². The average molecular weight is 339 g/mol. The highest BCUT2D eigenvalue weighted by atomic mass is 79.9. The lowest BCUT2D eigenvalue weighted by atomic mass is 10.1. The SMILES string of the molecule is COc1ccc(C=O)cc1COc1ccc(Br)cc1F. The Labute approximate surface area is 124 Å². The zero-order valence-electron chi connectivity index (χ0n) is 10.7. The minimum atomic E-state index is -0.454. The summed E-state index contributed by atoms with van der Waals surface area (Å²) in [6, 6.07) is 9.54. The van der Waals surface area contributed by atoms with Crippen molar-refractivity contribution < 1.29 is 18.7 Å². The first kappa shape index (κ1) is 14.5. The monoisotopic (exact) mass is 338 g/mol. The minimum absolute atomic E-state index is 0.114. The Hall–Kier alpha value is -1.88. The summed E-state index contributed by atoms with van der Waals surface area (Å²) < 4.78 is 24.9. The third-order valence-electron chi connectivity index (χ3n) is 2.72. The van der Waals surface area contributed by atoms with Gasteiger partial charge < -0.3 is 9.47 Å². The number of ether oxygens (including phenoxy) is 2. The van der Waals surface area contributed by atoms with E-state index in [-0.39, 0.29) is 12.4 Å². The van der Waals surface area contributed by atoms with E-state index in [1.807, 2.05) is 0 Å². The zero-order valence-corrected chi connectivity index (χ0v) is 12.3. The van der Waals surface area contributed by atoms with E-state index in [0.717, 1.165) is 6.29 Å². The molecule has 0 radical (unpaired) electrons. The minimum Gasteiger partial charge on any atom is -0.496 e. The number of halogens is 2. The highest BCUT2D eigenvalue weighted by Gasteiger charge is 2.08. The molecule has 5 heteroatoms. The summed E-state index contributed by atoms with van der Waals surface area (Å²) in [4.78, 5) is 10.8. The fourth-order valence-corrected chi connectivity index (χ4v) is 2.07. The molecule has 0 aliphatic carbocycles. The molecule has 0 amide bonds. The van der Waals surface area contributed by atoms with Crippen molar-refractivity contribution in [3.63, 3.8) is 0 Å². The fourth-order valence-electron chi connectivity index (χ4n) is 1.73. The largest absolute Gasteiger partial charge is 0.496 e. The van der Waals surface area contributed by atoms with Crippen molar-refractivity contribution in [2.75, 3.05) is 7.11 Å². The molecule has 0 bridgehead atoms. The van der Waals surface area contributed by atoms with Crippen LogP contribution in [0.5, 0.6) is 11.5 Å². The first-order valence-electron chi connectivity index (χ1n) is 5.84. The number of hydrogen-bond acceptors (Lipinski definition) is 3. The predicted molar refractivity (Wildman–Crippen MR) is 76.8 cm³/mol. The highest BCUT2D eigenvalue weighted by Crippen LogP contribution is 2.25. The van der Waals surface area contributed by atoms with Crippen LogP contribution in [-0.2, 0) is 6.61 Å². The van der Waals surface area contributed by atoms with Gasteiger partial charge in [-0.25, -0.2) is 4.39 Å². The molecule has 3 nitrogen and oxygen atoms in total. The molecule has 0 heterocycles. The van der Waals surface area contributed by atoms with Gasteiger partial charge in [-0.3, -0.25) is 4.79 Å². The second-order valence-electron chi connectivity index (χ2n) is 4.05. The van der Waals surface area contributed by atoms with Crippen LogP contribution in [0.1, 0.15) is 15.9 Å². The van der Waals surface area contributed by atoms with Crippen LogP contribution in [0.3, 0.4) is 0 Å². The molecule has 0 fully saturated rings. The topological polar surface area (TPSA) is 35.5 Å². The van der Waals surface area contributed by atoms with Gasteiger partial charge >= 0.3 is 0 Å². The zero-order chi connectivity index (χ0) is 14.5. The van der Waals surface area contributed by atoms with Crippen molar-refractivity contribution in [1.82, 2.24) is 0 Å². The second kappa shape index (κ2) is 6.52. The molecular formula is C15H12BrFO3. The summed E-state index contributed by atoms with van der Waals surface area (Å²) in [6.45, 7) is 0.114. The van der Waals surface area contributed by atoms with Gasteiger partial charge in [0.05, 0.1) is 7.11 Å². The van der Waals surface area contributed by atoms with E-state index in [2.05, 4.69) is 15.9 Å². The lowest BCUT2D eigenvalue weighted by Crippen LogP contribution is -2.01. The summed E-state index contributed by atoms with van der Waals surface area (Å²) in [5, 5.41) is 0. The molecule has 20 heavy (non-hydrogen) atoms. The Morgan fingerprint density at radius 2 is 1.95 bits per heavy atom. The number of rotatable bonds is 5. The number of hydrogen-bond donors (Lipinski definition) is 0. The molecule has 2 aromatic rings. The second-order valence-corrected chi connectivity index (χ2v) is 4.97. The Morgan fingerprint density at radius 1 is 1.20 bits per heavy atom. The Kier molecular flexibility index (Phi) is 4.74. The van der Waals surface area contributed by atoms with Crippen LogP contribution in [0, 0.1) is 5.82 Å². The van der Waals surface area contributed by atoms with E-state index >= 15 is 0 Å². The predicted octanol–water partition coefficient (Wildman–Crippen LogP) is 3.99. The van der Waals surface area contributed by atoms with Crippen molar-refractivity contribution in [3.8, 4) is 11.5 Å². The van der Waals surface area contributed by atoms with Crippen molar-refractivity contribution in [2.45, 2.75) is 6.61 Å². The van der Waals surface area contributed by atoms with Crippen molar-refractivity contribution in [3.05, 3.63) is 57.8 Å². The van der Waals surface area contributed by atoms with E-state index < -0.39 is 5.82 Å². The van der Waals surface area contributed by atoms with Gasteiger partial charge in [-0.15, -0.1) is 0 Å². The molecule has 2 aromatic carbocycles. The van der Waals surface area contributed by atoms with Crippen LogP contribution >= 0.6 is 15.9 Å². The van der Waals surface area contributed by atoms with Crippen LogP contribution in [0.25, 0.3) is 0 Å². The Morgan fingerprint density at radius 3 is 2.60 bits per heavy atom. The normalized spacial score (nSPS) is 10.2. The van der Waals surface area contributed by atoms with Gasteiger partial charge in [0.15, 0.2) is 11.6 Å². The first-order valence-corrected chi connectivity index (χ1v) is 6.63. The van der Waals surface area contributed by atoms with Crippen LogP contribution in [0.15, 0.2) is 40.9 Å². The van der Waals surface area contributed by atoms with Gasteiger partial charge in [-0.05, 0) is 36.4 Å². The summed E-state index contributed by atoms with van der Waals surface area (Å²) in [5.41, 5.74) is 1.19. The van der Waals surface area contributed by atoms with Crippen molar-refractivity contribution >= 4 is 22.2 Å². The third-order valence-corrected chi connectivity index (χ3v) is 3.21. The molecule has 0 aliphatic rings.